The van der Waals surface area contributed by atoms with Gasteiger partial charge in [0, 0.05) is 13.0 Å². The lowest BCUT2D eigenvalue weighted by Crippen LogP contribution is -2.39. The molecule has 0 fully saturated rings. The summed E-state index contributed by atoms with van der Waals surface area (Å²) in [5.41, 5.74) is 5.30. The maximum Gasteiger partial charge on any atom is 0.323 e. The molecule has 0 aliphatic heterocycles. The van der Waals surface area contributed by atoms with Gasteiger partial charge in [-0.15, -0.1) is 0 Å². The number of carbonyl (C=O) groups excluding carboxylic acids is 1. The monoisotopic (exact) mass is 254 g/mol. The van der Waals surface area contributed by atoms with Gasteiger partial charge in [0.1, 0.15) is 23.8 Å². The van der Waals surface area contributed by atoms with Crippen molar-refractivity contribution in [2.24, 2.45) is 5.73 Å². The van der Waals surface area contributed by atoms with Crippen LogP contribution in [0.1, 0.15) is 39.9 Å². The molecule has 0 amide bonds. The SMILES string of the molecule is CCCn1ncnc1CC(N)C(=O)OC(C)(C)C. The fourth-order valence-electron chi connectivity index (χ4n) is 1.50. The van der Waals surface area contributed by atoms with E-state index in [1.807, 2.05) is 20.8 Å². The van der Waals surface area contributed by atoms with Crippen LogP contribution in [0.15, 0.2) is 6.33 Å². The third-order valence-electron chi connectivity index (χ3n) is 2.24. The summed E-state index contributed by atoms with van der Waals surface area (Å²) in [6.45, 7) is 8.28. The minimum absolute atomic E-state index is 0.342. The molecule has 102 valence electrons. The summed E-state index contributed by atoms with van der Waals surface area (Å²) < 4.78 is 6.99. The van der Waals surface area contributed by atoms with Crippen LogP contribution in [0, 0.1) is 0 Å². The van der Waals surface area contributed by atoms with Gasteiger partial charge in [-0.05, 0) is 27.2 Å². The van der Waals surface area contributed by atoms with Gasteiger partial charge in [0.2, 0.25) is 0 Å². The van der Waals surface area contributed by atoms with E-state index in [2.05, 4.69) is 17.0 Å². The van der Waals surface area contributed by atoms with Crippen LogP contribution in [-0.4, -0.2) is 32.4 Å². The summed E-state index contributed by atoms with van der Waals surface area (Å²) in [5, 5.41) is 4.09. The zero-order chi connectivity index (χ0) is 13.8. The van der Waals surface area contributed by atoms with Crippen molar-refractivity contribution in [2.45, 2.75) is 58.7 Å². The number of aryl methyl sites for hydroxylation is 1. The van der Waals surface area contributed by atoms with Crippen LogP contribution in [0.5, 0.6) is 0 Å². The lowest BCUT2D eigenvalue weighted by molar-refractivity contribution is -0.156. The number of ether oxygens (including phenoxy) is 1. The number of nitrogens with zero attached hydrogens (tertiary/aromatic N) is 3. The minimum Gasteiger partial charge on any atom is -0.459 e. The molecule has 18 heavy (non-hydrogen) atoms. The van der Waals surface area contributed by atoms with Gasteiger partial charge in [-0.2, -0.15) is 5.10 Å². The van der Waals surface area contributed by atoms with Crippen molar-refractivity contribution >= 4 is 5.97 Å². The molecular weight excluding hydrogens is 232 g/mol. The molecule has 6 heteroatoms. The van der Waals surface area contributed by atoms with Gasteiger partial charge in [0.15, 0.2) is 0 Å². The first-order chi connectivity index (χ1) is 8.33. The molecule has 0 aliphatic rings. The zero-order valence-electron chi connectivity index (χ0n) is 11.5. The van der Waals surface area contributed by atoms with E-state index < -0.39 is 17.6 Å². The van der Waals surface area contributed by atoms with E-state index in [9.17, 15) is 4.79 Å². The van der Waals surface area contributed by atoms with Crippen molar-refractivity contribution in [3.8, 4) is 0 Å². The number of hydrogen-bond acceptors (Lipinski definition) is 5. The van der Waals surface area contributed by atoms with E-state index in [-0.39, 0.29) is 0 Å². The maximum atomic E-state index is 11.7. The van der Waals surface area contributed by atoms with Crippen molar-refractivity contribution in [1.29, 1.82) is 0 Å². The molecule has 2 N–H and O–H groups in total. The van der Waals surface area contributed by atoms with Crippen molar-refractivity contribution in [3.63, 3.8) is 0 Å². The summed E-state index contributed by atoms with van der Waals surface area (Å²) >= 11 is 0. The highest BCUT2D eigenvalue weighted by molar-refractivity contribution is 5.76. The molecule has 1 rings (SSSR count). The second kappa shape index (κ2) is 5.95. The Bertz CT molecular complexity index is 395. The first-order valence-corrected chi connectivity index (χ1v) is 6.18. The lowest BCUT2D eigenvalue weighted by Gasteiger charge is -2.22. The van der Waals surface area contributed by atoms with Crippen LogP contribution in [0.25, 0.3) is 0 Å². The number of aromatic nitrogens is 3. The number of nitrogens with two attached hydrogens (primary N) is 1. The van der Waals surface area contributed by atoms with Crippen LogP contribution < -0.4 is 5.73 Å². The Balaban J connectivity index is 2.61. The molecule has 6 nitrogen and oxygen atoms in total. The molecule has 0 radical (unpaired) electrons. The second-order valence-corrected chi connectivity index (χ2v) is 5.24. The largest absolute Gasteiger partial charge is 0.459 e. The fourth-order valence-corrected chi connectivity index (χ4v) is 1.50. The Morgan fingerprint density at radius 2 is 2.22 bits per heavy atom. The van der Waals surface area contributed by atoms with E-state index in [1.54, 1.807) is 4.68 Å². The quantitative estimate of drug-likeness (QED) is 0.789. The summed E-state index contributed by atoms with van der Waals surface area (Å²) in [4.78, 5) is 15.9. The Hall–Kier alpha value is -1.43. The van der Waals surface area contributed by atoms with Crippen molar-refractivity contribution in [2.75, 3.05) is 0 Å². The molecule has 0 spiro atoms. The Labute approximate surface area is 108 Å². The average molecular weight is 254 g/mol. The van der Waals surface area contributed by atoms with Gasteiger partial charge >= 0.3 is 5.97 Å². The Morgan fingerprint density at radius 1 is 1.56 bits per heavy atom. The molecule has 0 bridgehead atoms. The summed E-state index contributed by atoms with van der Waals surface area (Å²) in [7, 11) is 0. The van der Waals surface area contributed by atoms with Gasteiger partial charge in [0.05, 0.1) is 0 Å². The Kier molecular flexibility index (Phi) is 4.84. The lowest BCUT2D eigenvalue weighted by atomic mass is 10.1. The average Bonchev–Trinajstić information content (AvgIpc) is 2.64. The van der Waals surface area contributed by atoms with Crippen molar-refractivity contribution in [1.82, 2.24) is 14.8 Å². The van der Waals surface area contributed by atoms with Crippen LogP contribution >= 0.6 is 0 Å². The standard InChI is InChI=1S/C12H22N4O2/c1-5-6-16-10(14-8-15-16)7-9(13)11(17)18-12(2,3)4/h8-9H,5-7,13H2,1-4H3. The maximum absolute atomic E-state index is 11.7. The zero-order valence-corrected chi connectivity index (χ0v) is 11.5. The van der Waals surface area contributed by atoms with Crippen LogP contribution in [0.2, 0.25) is 0 Å². The fraction of sp³-hybridized carbons (Fsp3) is 0.750. The van der Waals surface area contributed by atoms with Crippen LogP contribution in [0.3, 0.4) is 0 Å². The van der Waals surface area contributed by atoms with E-state index >= 15 is 0 Å². The topological polar surface area (TPSA) is 83.0 Å². The number of esters is 1. The molecule has 1 unspecified atom stereocenters. The number of rotatable bonds is 5. The molecular formula is C12H22N4O2. The third kappa shape index (κ3) is 4.44. The molecule has 0 aromatic carbocycles. The molecule has 1 aromatic rings. The minimum atomic E-state index is -0.705. The first-order valence-electron chi connectivity index (χ1n) is 6.18. The molecule has 1 aromatic heterocycles. The second-order valence-electron chi connectivity index (χ2n) is 5.24. The van der Waals surface area contributed by atoms with E-state index in [0.29, 0.717) is 6.42 Å². The molecule has 1 atom stereocenters. The molecule has 0 saturated heterocycles. The van der Waals surface area contributed by atoms with Crippen LogP contribution in [-0.2, 0) is 22.5 Å². The predicted octanol–water partition coefficient (Wildman–Crippen LogP) is 0.900. The highest BCUT2D eigenvalue weighted by atomic mass is 16.6. The third-order valence-corrected chi connectivity index (χ3v) is 2.24. The predicted molar refractivity (Wildman–Crippen MR) is 67.8 cm³/mol. The summed E-state index contributed by atoms with van der Waals surface area (Å²) in [6, 6.07) is -0.705. The highest BCUT2D eigenvalue weighted by Gasteiger charge is 2.23. The van der Waals surface area contributed by atoms with E-state index in [0.717, 1.165) is 18.8 Å². The van der Waals surface area contributed by atoms with Crippen LogP contribution in [0.4, 0.5) is 0 Å². The Morgan fingerprint density at radius 3 is 2.78 bits per heavy atom. The van der Waals surface area contributed by atoms with E-state index in [1.165, 1.54) is 6.33 Å². The van der Waals surface area contributed by atoms with Gasteiger partial charge in [-0.25, -0.2) is 4.98 Å². The first kappa shape index (κ1) is 14.6. The molecule has 1 heterocycles. The molecule has 0 aliphatic carbocycles. The number of hydrogen-bond donors (Lipinski definition) is 1. The van der Waals surface area contributed by atoms with Gasteiger partial charge in [0.25, 0.3) is 0 Å². The summed E-state index contributed by atoms with van der Waals surface area (Å²) in [6.07, 6.45) is 2.78. The summed E-state index contributed by atoms with van der Waals surface area (Å²) in [5.74, 6) is 0.309. The smallest absolute Gasteiger partial charge is 0.323 e. The highest BCUT2D eigenvalue weighted by Crippen LogP contribution is 2.09. The van der Waals surface area contributed by atoms with Gasteiger partial charge < -0.3 is 10.5 Å². The van der Waals surface area contributed by atoms with Crippen molar-refractivity contribution < 1.29 is 9.53 Å². The normalized spacial score (nSPS) is 13.4. The number of carbonyl (C=O) groups is 1. The van der Waals surface area contributed by atoms with Gasteiger partial charge in [-0.1, -0.05) is 6.92 Å². The van der Waals surface area contributed by atoms with Gasteiger partial charge in [-0.3, -0.25) is 9.48 Å². The van der Waals surface area contributed by atoms with Crippen molar-refractivity contribution in [3.05, 3.63) is 12.2 Å². The molecule has 0 saturated carbocycles. The van der Waals surface area contributed by atoms with E-state index in [4.69, 9.17) is 10.5 Å².